The number of fused-ring (bicyclic) bond motifs is 1. The number of rotatable bonds is 7. The lowest BCUT2D eigenvalue weighted by Crippen LogP contribution is -2.02. The van der Waals surface area contributed by atoms with Crippen molar-refractivity contribution in [3.63, 3.8) is 0 Å². The molecule has 0 aliphatic carbocycles. The lowest BCUT2D eigenvalue weighted by molar-refractivity contribution is 0.267. The summed E-state index contributed by atoms with van der Waals surface area (Å²) in [6.07, 6.45) is 1.90. The van der Waals surface area contributed by atoms with Crippen molar-refractivity contribution < 1.29 is 9.47 Å². The van der Waals surface area contributed by atoms with Crippen molar-refractivity contribution in [1.29, 1.82) is 5.26 Å². The van der Waals surface area contributed by atoms with Crippen LogP contribution in [0.15, 0.2) is 84.9 Å². The zero-order valence-corrected chi connectivity index (χ0v) is 19.9. The number of nitriles is 1. The van der Waals surface area contributed by atoms with Crippen LogP contribution in [0.5, 0.6) is 11.5 Å². The fourth-order valence-corrected chi connectivity index (χ4v) is 4.29. The first-order valence-electron chi connectivity index (χ1n) is 10.4. The summed E-state index contributed by atoms with van der Waals surface area (Å²) < 4.78 is 12.9. The summed E-state index contributed by atoms with van der Waals surface area (Å²) in [5.41, 5.74) is 3.49. The molecule has 32 heavy (non-hydrogen) atoms. The Morgan fingerprint density at radius 3 is 2.41 bits per heavy atom. The van der Waals surface area contributed by atoms with Gasteiger partial charge in [0, 0.05) is 0 Å². The molecule has 0 aliphatic heterocycles. The smallest absolute Gasteiger partial charge is 0.175 e. The topological polar surface area (TPSA) is 42.2 Å². The van der Waals surface area contributed by atoms with E-state index < -0.39 is 0 Å². The molecule has 0 unspecified atom stereocenters. The van der Waals surface area contributed by atoms with Gasteiger partial charge in [-0.25, -0.2) is 0 Å². The lowest BCUT2D eigenvalue weighted by Gasteiger charge is -2.15. The van der Waals surface area contributed by atoms with Gasteiger partial charge in [0.05, 0.1) is 21.8 Å². The second-order valence-electron chi connectivity index (χ2n) is 7.27. The molecule has 0 aliphatic rings. The van der Waals surface area contributed by atoms with Crippen molar-refractivity contribution >= 4 is 45.0 Å². The molecule has 3 nitrogen and oxygen atoms in total. The van der Waals surface area contributed by atoms with Crippen LogP contribution < -0.4 is 9.47 Å². The van der Waals surface area contributed by atoms with E-state index in [0.717, 1.165) is 36.8 Å². The Labute approximate surface area is 202 Å². The maximum atomic E-state index is 9.84. The van der Waals surface area contributed by atoms with E-state index in [9.17, 15) is 5.26 Å². The minimum Gasteiger partial charge on any atom is -0.490 e. The SMILES string of the molecule is CCOc1cc(/C=C(/C#N)c2ccc3ccccc3c2)cc(I)c1OCc1ccccc1. The van der Waals surface area contributed by atoms with Gasteiger partial charge in [0.1, 0.15) is 6.61 Å². The molecule has 0 aromatic heterocycles. The zero-order valence-electron chi connectivity index (χ0n) is 17.7. The molecule has 0 amide bonds. The molecular formula is C28H22INO2. The van der Waals surface area contributed by atoms with E-state index in [1.807, 2.05) is 79.7 Å². The average molecular weight is 531 g/mol. The summed E-state index contributed by atoms with van der Waals surface area (Å²) in [5, 5.41) is 12.1. The Kier molecular flexibility index (Phi) is 7.08. The molecule has 158 valence electrons. The molecule has 0 spiro atoms. The van der Waals surface area contributed by atoms with Crippen molar-refractivity contribution in [2.24, 2.45) is 0 Å². The zero-order chi connectivity index (χ0) is 22.3. The van der Waals surface area contributed by atoms with Crippen LogP contribution in [0.4, 0.5) is 0 Å². The number of allylic oxidation sites excluding steroid dienone is 1. The van der Waals surface area contributed by atoms with Gasteiger partial charge in [-0.3, -0.25) is 0 Å². The summed E-state index contributed by atoms with van der Waals surface area (Å²) in [6.45, 7) is 2.94. The van der Waals surface area contributed by atoms with E-state index in [-0.39, 0.29) is 0 Å². The number of nitrogens with zero attached hydrogens (tertiary/aromatic N) is 1. The number of hydrogen-bond acceptors (Lipinski definition) is 3. The minimum absolute atomic E-state index is 0.465. The van der Waals surface area contributed by atoms with Crippen LogP contribution >= 0.6 is 22.6 Å². The van der Waals surface area contributed by atoms with Gasteiger partial charge in [-0.1, -0.05) is 66.7 Å². The molecule has 0 heterocycles. The Balaban J connectivity index is 1.67. The van der Waals surface area contributed by atoms with E-state index in [2.05, 4.69) is 46.9 Å². The molecule has 4 rings (SSSR count). The molecule has 0 fully saturated rings. The van der Waals surface area contributed by atoms with E-state index in [4.69, 9.17) is 9.47 Å². The molecular weight excluding hydrogens is 509 g/mol. The van der Waals surface area contributed by atoms with Crippen LogP contribution in [0, 0.1) is 14.9 Å². The van der Waals surface area contributed by atoms with Crippen LogP contribution in [-0.4, -0.2) is 6.61 Å². The lowest BCUT2D eigenvalue weighted by atomic mass is 10.00. The Bertz CT molecular complexity index is 1310. The minimum atomic E-state index is 0.465. The van der Waals surface area contributed by atoms with Gasteiger partial charge in [-0.05, 0) is 81.3 Å². The maximum absolute atomic E-state index is 9.84. The third kappa shape index (κ3) is 5.12. The van der Waals surface area contributed by atoms with Crippen molar-refractivity contribution in [2.75, 3.05) is 6.61 Å². The van der Waals surface area contributed by atoms with Crippen molar-refractivity contribution in [2.45, 2.75) is 13.5 Å². The normalized spacial score (nSPS) is 11.2. The molecule has 0 N–H and O–H groups in total. The number of benzene rings is 4. The van der Waals surface area contributed by atoms with Crippen LogP contribution in [0.25, 0.3) is 22.4 Å². The Hall–Kier alpha value is -3.30. The van der Waals surface area contributed by atoms with E-state index in [1.165, 1.54) is 0 Å². The fraction of sp³-hybridized carbons (Fsp3) is 0.107. The van der Waals surface area contributed by atoms with Crippen LogP contribution in [0.1, 0.15) is 23.6 Å². The summed E-state index contributed by atoms with van der Waals surface area (Å²) in [4.78, 5) is 0. The van der Waals surface area contributed by atoms with E-state index in [1.54, 1.807) is 0 Å². The third-order valence-electron chi connectivity index (χ3n) is 5.05. The molecule has 4 heteroatoms. The highest BCUT2D eigenvalue weighted by atomic mass is 127. The van der Waals surface area contributed by atoms with Gasteiger partial charge in [0.2, 0.25) is 0 Å². The number of ether oxygens (including phenoxy) is 2. The molecule has 0 bridgehead atoms. The van der Waals surface area contributed by atoms with Gasteiger partial charge >= 0.3 is 0 Å². The molecule has 4 aromatic carbocycles. The first kappa shape index (κ1) is 21.9. The number of hydrogen-bond donors (Lipinski definition) is 0. The maximum Gasteiger partial charge on any atom is 0.175 e. The summed E-state index contributed by atoms with van der Waals surface area (Å²) in [5.74, 6) is 1.40. The monoisotopic (exact) mass is 531 g/mol. The molecule has 0 saturated heterocycles. The van der Waals surface area contributed by atoms with Gasteiger partial charge in [0.15, 0.2) is 11.5 Å². The summed E-state index contributed by atoms with van der Waals surface area (Å²) >= 11 is 2.26. The van der Waals surface area contributed by atoms with Crippen molar-refractivity contribution in [1.82, 2.24) is 0 Å². The van der Waals surface area contributed by atoms with E-state index >= 15 is 0 Å². The van der Waals surface area contributed by atoms with E-state index in [0.29, 0.717) is 24.5 Å². The third-order valence-corrected chi connectivity index (χ3v) is 5.85. The van der Waals surface area contributed by atoms with Gasteiger partial charge < -0.3 is 9.47 Å². The van der Waals surface area contributed by atoms with Gasteiger partial charge in [0.25, 0.3) is 0 Å². The van der Waals surface area contributed by atoms with Gasteiger partial charge in [-0.15, -0.1) is 0 Å². The summed E-state index contributed by atoms with van der Waals surface area (Å²) in [6, 6.07) is 30.6. The average Bonchev–Trinajstić information content (AvgIpc) is 2.82. The molecule has 0 saturated carbocycles. The van der Waals surface area contributed by atoms with Crippen LogP contribution in [0.2, 0.25) is 0 Å². The Morgan fingerprint density at radius 2 is 1.66 bits per heavy atom. The first-order valence-corrected chi connectivity index (χ1v) is 11.5. The van der Waals surface area contributed by atoms with Crippen molar-refractivity contribution in [3.8, 4) is 17.6 Å². The Morgan fingerprint density at radius 1 is 0.906 bits per heavy atom. The quantitative estimate of drug-likeness (QED) is 0.141. The highest BCUT2D eigenvalue weighted by Gasteiger charge is 2.13. The largest absolute Gasteiger partial charge is 0.490 e. The highest BCUT2D eigenvalue weighted by Crippen LogP contribution is 2.36. The molecule has 0 radical (unpaired) electrons. The second-order valence-corrected chi connectivity index (χ2v) is 8.43. The standard InChI is InChI=1S/C28H22INO2/c1-2-31-27-16-21(15-26(29)28(27)32-19-20-8-4-3-5-9-20)14-25(18-30)24-13-12-22-10-6-7-11-23(22)17-24/h3-17H,2,19H2,1H3/b25-14-. The predicted molar refractivity (Wildman–Crippen MR) is 139 cm³/mol. The fourth-order valence-electron chi connectivity index (χ4n) is 3.51. The predicted octanol–water partition coefficient (Wildman–Crippen LogP) is 7.49. The highest BCUT2D eigenvalue weighted by molar-refractivity contribution is 14.1. The summed E-state index contributed by atoms with van der Waals surface area (Å²) in [7, 11) is 0. The van der Waals surface area contributed by atoms with Crippen LogP contribution in [0.3, 0.4) is 0 Å². The van der Waals surface area contributed by atoms with Crippen molar-refractivity contribution in [3.05, 3.63) is 105 Å². The molecule has 4 aromatic rings. The number of halogens is 1. The first-order chi connectivity index (χ1) is 15.7. The van der Waals surface area contributed by atoms with Gasteiger partial charge in [-0.2, -0.15) is 5.26 Å². The molecule has 0 atom stereocenters. The van der Waals surface area contributed by atoms with Crippen LogP contribution in [-0.2, 0) is 6.61 Å². The second kappa shape index (κ2) is 10.3.